The number of carbonyl (C=O) groups excluding carboxylic acids is 1. The number of benzene rings is 1. The molecule has 1 aromatic heterocycles. The molecular formula is C23H26Cl2N2O. The first-order valence-corrected chi connectivity index (χ1v) is 10.6. The molecule has 0 radical (unpaired) electrons. The average Bonchev–Trinajstić information content (AvgIpc) is 3.40. The van der Waals surface area contributed by atoms with Crippen LogP contribution in [-0.2, 0) is 11.2 Å². The Labute approximate surface area is 177 Å². The SMILES string of the molecule is Cl.O=C1C(Cc2ccc(-c3cccnc3)cc2Cl)CCN1C1CC2CCC1C2. The second-order valence-electron chi connectivity index (χ2n) is 8.51. The minimum Gasteiger partial charge on any atom is -0.339 e. The molecule has 2 aromatic rings. The van der Waals surface area contributed by atoms with Gasteiger partial charge < -0.3 is 4.90 Å². The van der Waals surface area contributed by atoms with Gasteiger partial charge in [-0.2, -0.15) is 0 Å². The molecular weight excluding hydrogens is 391 g/mol. The number of pyridine rings is 1. The van der Waals surface area contributed by atoms with Crippen molar-refractivity contribution in [2.75, 3.05) is 6.54 Å². The predicted molar refractivity (Wildman–Crippen MR) is 115 cm³/mol. The van der Waals surface area contributed by atoms with Crippen LogP contribution in [0.2, 0.25) is 5.02 Å². The molecule has 0 spiro atoms. The summed E-state index contributed by atoms with van der Waals surface area (Å²) in [4.78, 5) is 19.4. The van der Waals surface area contributed by atoms with Gasteiger partial charge in [0.2, 0.25) is 5.91 Å². The summed E-state index contributed by atoms with van der Waals surface area (Å²) in [5, 5.41) is 0.752. The van der Waals surface area contributed by atoms with Crippen LogP contribution >= 0.6 is 24.0 Å². The number of hydrogen-bond acceptors (Lipinski definition) is 2. The molecule has 1 saturated heterocycles. The van der Waals surface area contributed by atoms with Crippen LogP contribution in [0.25, 0.3) is 11.1 Å². The molecule has 2 aliphatic carbocycles. The maximum Gasteiger partial charge on any atom is 0.226 e. The molecule has 2 bridgehead atoms. The highest BCUT2D eigenvalue weighted by Gasteiger charge is 2.46. The molecule has 148 valence electrons. The number of rotatable bonds is 4. The van der Waals surface area contributed by atoms with E-state index in [4.69, 9.17) is 11.6 Å². The number of aromatic nitrogens is 1. The first kappa shape index (κ1) is 19.7. The van der Waals surface area contributed by atoms with Gasteiger partial charge in [0.05, 0.1) is 0 Å². The van der Waals surface area contributed by atoms with Gasteiger partial charge in [0, 0.05) is 41.5 Å². The van der Waals surface area contributed by atoms with Gasteiger partial charge >= 0.3 is 0 Å². The number of carbonyl (C=O) groups is 1. The molecule has 1 amide bonds. The second kappa shape index (κ2) is 8.04. The zero-order chi connectivity index (χ0) is 18.4. The lowest BCUT2D eigenvalue weighted by atomic mass is 9.93. The minimum atomic E-state index is 0. The molecule has 2 heterocycles. The molecule has 0 N–H and O–H groups in total. The molecule has 4 unspecified atom stereocenters. The number of amides is 1. The highest BCUT2D eigenvalue weighted by molar-refractivity contribution is 6.31. The lowest BCUT2D eigenvalue weighted by molar-refractivity contribution is -0.133. The lowest BCUT2D eigenvalue weighted by Crippen LogP contribution is -2.41. The van der Waals surface area contributed by atoms with Crippen molar-refractivity contribution < 1.29 is 4.79 Å². The normalized spacial score (nSPS) is 28.6. The Morgan fingerprint density at radius 3 is 2.68 bits per heavy atom. The number of nitrogens with zero attached hydrogens (tertiary/aromatic N) is 2. The van der Waals surface area contributed by atoms with Crippen molar-refractivity contribution in [3.05, 3.63) is 53.3 Å². The van der Waals surface area contributed by atoms with E-state index in [2.05, 4.69) is 22.0 Å². The van der Waals surface area contributed by atoms with Gasteiger partial charge in [0.1, 0.15) is 0 Å². The summed E-state index contributed by atoms with van der Waals surface area (Å²) in [6.45, 7) is 0.933. The Kier molecular flexibility index (Phi) is 5.66. The average molecular weight is 417 g/mol. The molecule has 3 nitrogen and oxygen atoms in total. The van der Waals surface area contributed by atoms with Crippen molar-refractivity contribution in [3.63, 3.8) is 0 Å². The van der Waals surface area contributed by atoms with Gasteiger partial charge in [-0.25, -0.2) is 0 Å². The van der Waals surface area contributed by atoms with Gasteiger partial charge in [-0.05, 0) is 67.2 Å². The quantitative estimate of drug-likeness (QED) is 0.667. The monoisotopic (exact) mass is 416 g/mol. The largest absolute Gasteiger partial charge is 0.339 e. The Morgan fingerprint density at radius 1 is 1.11 bits per heavy atom. The molecule has 3 aliphatic rings. The Hall–Kier alpha value is -1.58. The Morgan fingerprint density at radius 2 is 2.00 bits per heavy atom. The van der Waals surface area contributed by atoms with Crippen LogP contribution in [0.1, 0.15) is 37.7 Å². The number of fused-ring (bicyclic) bond motifs is 2. The zero-order valence-electron chi connectivity index (χ0n) is 15.9. The number of hydrogen-bond donors (Lipinski definition) is 0. The highest BCUT2D eigenvalue weighted by atomic mass is 35.5. The maximum absolute atomic E-state index is 13.0. The molecule has 1 aromatic carbocycles. The van der Waals surface area contributed by atoms with E-state index in [9.17, 15) is 4.79 Å². The van der Waals surface area contributed by atoms with Crippen molar-refractivity contribution >= 4 is 29.9 Å². The summed E-state index contributed by atoms with van der Waals surface area (Å²) in [5.41, 5.74) is 3.21. The number of halogens is 2. The molecule has 4 atom stereocenters. The van der Waals surface area contributed by atoms with E-state index in [1.54, 1.807) is 6.20 Å². The Bertz CT molecular complexity index is 857. The third-order valence-electron chi connectivity index (χ3n) is 6.97. The van der Waals surface area contributed by atoms with E-state index in [1.807, 2.05) is 24.4 Å². The minimum absolute atomic E-state index is 0. The van der Waals surface area contributed by atoms with Crippen LogP contribution in [0.5, 0.6) is 0 Å². The van der Waals surface area contributed by atoms with Crippen LogP contribution in [0.3, 0.4) is 0 Å². The fourth-order valence-electron chi connectivity index (χ4n) is 5.57. The number of likely N-dealkylation sites (tertiary alicyclic amines) is 1. The molecule has 1 aliphatic heterocycles. The molecule has 3 fully saturated rings. The van der Waals surface area contributed by atoms with E-state index in [0.717, 1.165) is 52.9 Å². The standard InChI is InChI=1S/C23H25ClN2O.ClH/c24-21-13-16(20-2-1-8-25-14-20)5-6-17(21)12-19-7-9-26(23(19)27)22-11-15-3-4-18(22)10-15;/h1-2,5-6,8,13-15,18-19,22H,3-4,7,9-12H2;1H. The van der Waals surface area contributed by atoms with Crippen LogP contribution < -0.4 is 0 Å². The van der Waals surface area contributed by atoms with Gasteiger partial charge in [0.25, 0.3) is 0 Å². The van der Waals surface area contributed by atoms with E-state index < -0.39 is 0 Å². The Balaban J connectivity index is 0.00000192. The fraction of sp³-hybridized carbons (Fsp3) is 0.478. The third kappa shape index (κ3) is 3.55. The molecule has 28 heavy (non-hydrogen) atoms. The first-order valence-electron chi connectivity index (χ1n) is 10.2. The maximum atomic E-state index is 13.0. The van der Waals surface area contributed by atoms with E-state index in [0.29, 0.717) is 11.9 Å². The van der Waals surface area contributed by atoms with Crippen LogP contribution in [0.4, 0.5) is 0 Å². The predicted octanol–water partition coefficient (Wildman–Crippen LogP) is 5.40. The summed E-state index contributed by atoms with van der Waals surface area (Å²) >= 11 is 6.58. The third-order valence-corrected chi connectivity index (χ3v) is 7.32. The summed E-state index contributed by atoms with van der Waals surface area (Å²) in [6, 6.07) is 10.7. The first-order chi connectivity index (χ1) is 13.2. The molecule has 2 saturated carbocycles. The molecule has 5 heteroatoms. The zero-order valence-corrected chi connectivity index (χ0v) is 17.5. The molecule has 5 rings (SSSR count). The summed E-state index contributed by atoms with van der Waals surface area (Å²) in [5.74, 6) is 2.09. The van der Waals surface area contributed by atoms with Crippen LogP contribution in [-0.4, -0.2) is 28.4 Å². The summed E-state index contributed by atoms with van der Waals surface area (Å²) in [7, 11) is 0. The van der Waals surface area contributed by atoms with E-state index >= 15 is 0 Å². The van der Waals surface area contributed by atoms with E-state index in [1.165, 1.54) is 25.7 Å². The van der Waals surface area contributed by atoms with Gasteiger partial charge in [-0.3, -0.25) is 9.78 Å². The van der Waals surface area contributed by atoms with Gasteiger partial charge in [0.15, 0.2) is 0 Å². The topological polar surface area (TPSA) is 33.2 Å². The van der Waals surface area contributed by atoms with Crippen molar-refractivity contribution in [2.24, 2.45) is 17.8 Å². The van der Waals surface area contributed by atoms with Crippen LogP contribution in [0, 0.1) is 17.8 Å². The van der Waals surface area contributed by atoms with Crippen LogP contribution in [0.15, 0.2) is 42.7 Å². The smallest absolute Gasteiger partial charge is 0.226 e. The van der Waals surface area contributed by atoms with Gasteiger partial charge in [-0.1, -0.05) is 36.2 Å². The van der Waals surface area contributed by atoms with Crippen molar-refractivity contribution in [1.29, 1.82) is 0 Å². The van der Waals surface area contributed by atoms with Crippen molar-refractivity contribution in [1.82, 2.24) is 9.88 Å². The van der Waals surface area contributed by atoms with Crippen molar-refractivity contribution in [3.8, 4) is 11.1 Å². The summed E-state index contributed by atoms with van der Waals surface area (Å²) < 4.78 is 0. The van der Waals surface area contributed by atoms with E-state index in [-0.39, 0.29) is 18.3 Å². The second-order valence-corrected chi connectivity index (χ2v) is 8.92. The van der Waals surface area contributed by atoms with Crippen molar-refractivity contribution in [2.45, 2.75) is 44.6 Å². The fourth-order valence-corrected chi connectivity index (χ4v) is 5.82. The van der Waals surface area contributed by atoms with Gasteiger partial charge in [-0.15, -0.1) is 12.4 Å². The highest BCUT2D eigenvalue weighted by Crippen LogP contribution is 2.48. The lowest BCUT2D eigenvalue weighted by Gasteiger charge is -2.31. The summed E-state index contributed by atoms with van der Waals surface area (Å²) in [6.07, 6.45) is 10.6.